The van der Waals surface area contributed by atoms with E-state index in [0.717, 1.165) is 23.7 Å². The Balaban J connectivity index is 1.97. The zero-order valence-corrected chi connectivity index (χ0v) is 12.3. The number of nitrogens with one attached hydrogen (secondary N) is 1. The van der Waals surface area contributed by atoms with E-state index >= 15 is 0 Å². The maximum atomic E-state index is 11.4. The highest BCUT2D eigenvalue weighted by molar-refractivity contribution is 9.10. The number of aromatic nitrogens is 1. The number of hydrogen-bond acceptors (Lipinski definition) is 4. The molecule has 1 aliphatic carbocycles. The Kier molecular flexibility index (Phi) is 4.45. The van der Waals surface area contributed by atoms with Crippen molar-refractivity contribution in [3.05, 3.63) is 21.8 Å². The quantitative estimate of drug-likeness (QED) is 0.863. The van der Waals surface area contributed by atoms with Gasteiger partial charge in [0.1, 0.15) is 5.82 Å². The molecule has 2 rings (SSSR count). The number of ether oxygens (including phenoxy) is 1. The molecule has 2 atom stereocenters. The van der Waals surface area contributed by atoms with Crippen molar-refractivity contribution in [2.75, 3.05) is 12.4 Å². The molecule has 0 saturated heterocycles. The van der Waals surface area contributed by atoms with Crippen molar-refractivity contribution in [2.24, 2.45) is 5.92 Å². The largest absolute Gasteiger partial charge is 0.469 e. The molecule has 0 radical (unpaired) electrons. The van der Waals surface area contributed by atoms with Gasteiger partial charge in [0, 0.05) is 16.7 Å². The monoisotopic (exact) mass is 332 g/mol. The van der Waals surface area contributed by atoms with E-state index in [4.69, 9.17) is 16.3 Å². The fourth-order valence-electron chi connectivity index (χ4n) is 2.21. The van der Waals surface area contributed by atoms with Crippen molar-refractivity contribution in [3.63, 3.8) is 0 Å². The number of anilines is 1. The molecular weight excluding hydrogens is 320 g/mol. The first kappa shape index (κ1) is 13.6. The molecule has 0 aromatic carbocycles. The molecule has 1 aromatic rings. The van der Waals surface area contributed by atoms with Gasteiger partial charge in [0.25, 0.3) is 0 Å². The number of pyridine rings is 1. The lowest BCUT2D eigenvalue weighted by Gasteiger charge is -2.14. The summed E-state index contributed by atoms with van der Waals surface area (Å²) >= 11 is 9.40. The molecule has 98 valence electrons. The first-order valence-corrected chi connectivity index (χ1v) is 6.92. The van der Waals surface area contributed by atoms with E-state index in [-0.39, 0.29) is 17.9 Å². The van der Waals surface area contributed by atoms with Crippen LogP contribution in [0.2, 0.25) is 5.02 Å². The van der Waals surface area contributed by atoms with E-state index in [9.17, 15) is 4.79 Å². The molecule has 4 nitrogen and oxygen atoms in total. The number of carbonyl (C=O) groups excluding carboxylic acids is 1. The molecule has 1 fully saturated rings. The van der Waals surface area contributed by atoms with Gasteiger partial charge in [0.15, 0.2) is 0 Å². The van der Waals surface area contributed by atoms with Crippen LogP contribution in [0.4, 0.5) is 5.82 Å². The number of esters is 1. The molecule has 0 aliphatic heterocycles. The lowest BCUT2D eigenvalue weighted by molar-refractivity contribution is -0.145. The van der Waals surface area contributed by atoms with E-state index < -0.39 is 0 Å². The van der Waals surface area contributed by atoms with Crippen LogP contribution in [0, 0.1) is 5.92 Å². The van der Waals surface area contributed by atoms with E-state index in [1.165, 1.54) is 7.11 Å². The number of nitrogens with zero attached hydrogens (tertiary/aromatic N) is 1. The maximum absolute atomic E-state index is 11.4. The Morgan fingerprint density at radius 3 is 3.06 bits per heavy atom. The normalized spacial score (nSPS) is 22.8. The molecule has 18 heavy (non-hydrogen) atoms. The van der Waals surface area contributed by atoms with Crippen LogP contribution in [0.1, 0.15) is 19.3 Å². The van der Waals surface area contributed by atoms with Crippen molar-refractivity contribution in [1.29, 1.82) is 0 Å². The van der Waals surface area contributed by atoms with E-state index in [2.05, 4.69) is 26.2 Å². The standard InChI is InChI=1S/C12H14BrClN2O2/c1-18-12(17)7-2-3-9(4-7)16-11-10(14)5-8(13)6-15-11/h5-7,9H,2-4H2,1H3,(H,15,16)/t7-,9+/m0/s1. The highest BCUT2D eigenvalue weighted by Gasteiger charge is 2.30. The van der Waals surface area contributed by atoms with E-state index in [1.807, 2.05) is 0 Å². The van der Waals surface area contributed by atoms with Gasteiger partial charge in [-0.05, 0) is 41.3 Å². The molecule has 1 heterocycles. The summed E-state index contributed by atoms with van der Waals surface area (Å²) in [6, 6.07) is 2.02. The average Bonchev–Trinajstić information content (AvgIpc) is 2.80. The minimum absolute atomic E-state index is 0.0123. The minimum Gasteiger partial charge on any atom is -0.469 e. The van der Waals surface area contributed by atoms with Gasteiger partial charge in [-0.1, -0.05) is 11.6 Å². The number of carbonyl (C=O) groups is 1. The number of hydrogen-bond donors (Lipinski definition) is 1. The van der Waals surface area contributed by atoms with Crippen LogP contribution in [0.15, 0.2) is 16.7 Å². The molecular formula is C12H14BrClN2O2. The summed E-state index contributed by atoms with van der Waals surface area (Å²) in [5.74, 6) is 0.520. The predicted molar refractivity (Wildman–Crippen MR) is 73.7 cm³/mol. The average molecular weight is 334 g/mol. The third-order valence-corrected chi connectivity index (χ3v) is 3.84. The minimum atomic E-state index is -0.130. The zero-order valence-electron chi connectivity index (χ0n) is 9.95. The number of halogens is 2. The number of rotatable bonds is 3. The molecule has 1 aromatic heterocycles. The van der Waals surface area contributed by atoms with Crippen LogP contribution in [-0.2, 0) is 9.53 Å². The summed E-state index contributed by atoms with van der Waals surface area (Å²) in [6.07, 6.45) is 4.23. The van der Waals surface area contributed by atoms with Crippen molar-refractivity contribution in [1.82, 2.24) is 4.98 Å². The third-order valence-electron chi connectivity index (χ3n) is 3.12. The van der Waals surface area contributed by atoms with Gasteiger partial charge in [-0.15, -0.1) is 0 Å². The van der Waals surface area contributed by atoms with Crippen molar-refractivity contribution in [2.45, 2.75) is 25.3 Å². The van der Waals surface area contributed by atoms with E-state index in [1.54, 1.807) is 12.3 Å². The lowest BCUT2D eigenvalue weighted by atomic mass is 10.1. The van der Waals surface area contributed by atoms with Gasteiger partial charge >= 0.3 is 5.97 Å². The summed E-state index contributed by atoms with van der Waals surface area (Å²) < 4.78 is 5.60. The van der Waals surface area contributed by atoms with Crippen molar-refractivity contribution < 1.29 is 9.53 Å². The van der Waals surface area contributed by atoms with Crippen LogP contribution < -0.4 is 5.32 Å². The second-order valence-electron chi connectivity index (χ2n) is 4.36. The summed E-state index contributed by atoms with van der Waals surface area (Å²) in [4.78, 5) is 15.7. The van der Waals surface area contributed by atoms with Gasteiger partial charge in [-0.3, -0.25) is 4.79 Å². The summed E-state index contributed by atoms with van der Waals surface area (Å²) in [5.41, 5.74) is 0. The van der Waals surface area contributed by atoms with Crippen molar-refractivity contribution in [3.8, 4) is 0 Å². The highest BCUT2D eigenvalue weighted by Crippen LogP contribution is 2.31. The van der Waals surface area contributed by atoms with Crippen molar-refractivity contribution >= 4 is 39.3 Å². The zero-order chi connectivity index (χ0) is 13.1. The Hall–Kier alpha value is -0.810. The van der Waals surface area contributed by atoms with Gasteiger partial charge in [0.05, 0.1) is 18.1 Å². The molecule has 0 amide bonds. The first-order chi connectivity index (χ1) is 8.60. The Labute approximate surface area is 119 Å². The second-order valence-corrected chi connectivity index (χ2v) is 5.68. The molecule has 1 saturated carbocycles. The maximum Gasteiger partial charge on any atom is 0.308 e. The first-order valence-electron chi connectivity index (χ1n) is 5.75. The summed E-state index contributed by atoms with van der Waals surface area (Å²) in [5, 5.41) is 3.85. The Bertz CT molecular complexity index is 456. The fraction of sp³-hybridized carbons (Fsp3) is 0.500. The van der Waals surface area contributed by atoms with Crippen LogP contribution in [0.5, 0.6) is 0 Å². The van der Waals surface area contributed by atoms with Gasteiger partial charge in [0.2, 0.25) is 0 Å². The molecule has 0 bridgehead atoms. The highest BCUT2D eigenvalue weighted by atomic mass is 79.9. The number of methoxy groups -OCH3 is 1. The molecule has 0 unspecified atom stereocenters. The topological polar surface area (TPSA) is 51.2 Å². The third kappa shape index (κ3) is 3.14. The predicted octanol–water partition coefficient (Wildman–Crippen LogP) is 3.25. The summed E-state index contributed by atoms with van der Waals surface area (Å²) in [6.45, 7) is 0. The SMILES string of the molecule is COC(=O)[C@H]1CC[C@@H](Nc2ncc(Br)cc2Cl)C1. The fourth-order valence-corrected chi connectivity index (χ4v) is 2.89. The van der Waals surface area contributed by atoms with Crippen LogP contribution >= 0.6 is 27.5 Å². The molecule has 6 heteroatoms. The molecule has 0 spiro atoms. The lowest BCUT2D eigenvalue weighted by Crippen LogP contribution is -2.19. The smallest absolute Gasteiger partial charge is 0.308 e. The summed E-state index contributed by atoms with van der Waals surface area (Å²) in [7, 11) is 1.43. The van der Waals surface area contributed by atoms with Gasteiger partial charge < -0.3 is 10.1 Å². The van der Waals surface area contributed by atoms with Gasteiger partial charge in [-0.25, -0.2) is 4.98 Å². The van der Waals surface area contributed by atoms with Crippen LogP contribution in [-0.4, -0.2) is 24.1 Å². The Morgan fingerprint density at radius 1 is 1.61 bits per heavy atom. The second kappa shape index (κ2) is 5.89. The van der Waals surface area contributed by atoms with E-state index in [0.29, 0.717) is 10.8 Å². The van der Waals surface area contributed by atoms with Crippen LogP contribution in [0.3, 0.4) is 0 Å². The molecule has 1 aliphatic rings. The Morgan fingerprint density at radius 2 is 2.39 bits per heavy atom. The van der Waals surface area contributed by atoms with Gasteiger partial charge in [-0.2, -0.15) is 0 Å². The van der Waals surface area contributed by atoms with Crippen LogP contribution in [0.25, 0.3) is 0 Å². The molecule has 1 N–H and O–H groups in total.